The van der Waals surface area contributed by atoms with Crippen molar-refractivity contribution in [2.45, 2.75) is 46.7 Å². The Morgan fingerprint density at radius 1 is 1.04 bits per heavy atom. The summed E-state index contributed by atoms with van der Waals surface area (Å²) in [6.07, 6.45) is 1.51. The average molecular weight is 368 g/mol. The SMILES string of the molecule is CCCn1c(=O)c2[nH]c(-c3ccc(NC(C)=O)cc3)cc2n(CCC)c1=O. The number of anilines is 1. The Morgan fingerprint density at radius 2 is 1.67 bits per heavy atom. The van der Waals surface area contributed by atoms with Gasteiger partial charge in [-0.3, -0.25) is 18.7 Å². The number of aromatic amines is 1. The van der Waals surface area contributed by atoms with Gasteiger partial charge in [0.05, 0.1) is 5.52 Å². The number of nitrogens with one attached hydrogen (secondary N) is 2. The molecule has 3 rings (SSSR count). The quantitative estimate of drug-likeness (QED) is 0.701. The minimum atomic E-state index is -0.287. The molecule has 0 aliphatic rings. The molecule has 0 aliphatic carbocycles. The second-order valence-corrected chi connectivity index (χ2v) is 6.59. The Bertz CT molecular complexity index is 1090. The molecule has 0 fully saturated rings. The maximum atomic E-state index is 12.8. The summed E-state index contributed by atoms with van der Waals surface area (Å²) in [6, 6.07) is 9.18. The molecule has 7 nitrogen and oxygen atoms in total. The molecule has 0 bridgehead atoms. The summed E-state index contributed by atoms with van der Waals surface area (Å²) < 4.78 is 2.97. The first-order valence-corrected chi connectivity index (χ1v) is 9.20. The number of benzene rings is 1. The number of hydrogen-bond donors (Lipinski definition) is 2. The van der Waals surface area contributed by atoms with Gasteiger partial charge in [0.2, 0.25) is 5.91 Å². The summed E-state index contributed by atoms with van der Waals surface area (Å²) >= 11 is 0. The first-order chi connectivity index (χ1) is 13.0. The number of hydrogen-bond acceptors (Lipinski definition) is 3. The Balaban J connectivity index is 2.15. The molecule has 0 saturated carbocycles. The van der Waals surface area contributed by atoms with Crippen LogP contribution in [0, 0.1) is 0 Å². The van der Waals surface area contributed by atoms with Gasteiger partial charge >= 0.3 is 5.69 Å². The Labute approximate surface area is 156 Å². The maximum absolute atomic E-state index is 12.8. The molecule has 0 radical (unpaired) electrons. The van der Waals surface area contributed by atoms with E-state index < -0.39 is 0 Å². The fraction of sp³-hybridized carbons (Fsp3) is 0.350. The largest absolute Gasteiger partial charge is 0.349 e. The van der Waals surface area contributed by atoms with Crippen molar-refractivity contribution in [1.29, 1.82) is 0 Å². The fourth-order valence-corrected chi connectivity index (χ4v) is 3.24. The number of carbonyl (C=O) groups is 1. The molecule has 2 aromatic heterocycles. The summed E-state index contributed by atoms with van der Waals surface area (Å²) in [4.78, 5) is 39.9. The molecule has 7 heteroatoms. The molecule has 0 atom stereocenters. The third-order valence-corrected chi connectivity index (χ3v) is 4.42. The highest BCUT2D eigenvalue weighted by atomic mass is 16.2. The zero-order valence-corrected chi connectivity index (χ0v) is 15.8. The topological polar surface area (TPSA) is 88.9 Å². The van der Waals surface area contributed by atoms with Crippen LogP contribution in [0.15, 0.2) is 39.9 Å². The summed E-state index contributed by atoms with van der Waals surface area (Å²) in [5.41, 5.74) is 2.86. The number of H-pyrrole nitrogens is 1. The average Bonchev–Trinajstić information content (AvgIpc) is 3.08. The van der Waals surface area contributed by atoms with Gasteiger partial charge in [-0.15, -0.1) is 0 Å². The van der Waals surface area contributed by atoms with Crippen LogP contribution in [0.1, 0.15) is 33.6 Å². The Kier molecular flexibility index (Phi) is 5.30. The minimum Gasteiger partial charge on any atom is -0.349 e. The van der Waals surface area contributed by atoms with Crippen LogP contribution in [0.2, 0.25) is 0 Å². The third-order valence-electron chi connectivity index (χ3n) is 4.42. The lowest BCUT2D eigenvalue weighted by Crippen LogP contribution is -2.39. The van der Waals surface area contributed by atoms with Crippen LogP contribution in [-0.2, 0) is 17.9 Å². The van der Waals surface area contributed by atoms with Gasteiger partial charge in [0.25, 0.3) is 5.56 Å². The predicted octanol–water partition coefficient (Wildman–Crippen LogP) is 2.94. The zero-order valence-electron chi connectivity index (χ0n) is 15.8. The van der Waals surface area contributed by atoms with Crippen molar-refractivity contribution in [1.82, 2.24) is 14.1 Å². The summed E-state index contributed by atoms with van der Waals surface area (Å²) in [5.74, 6) is -0.131. The zero-order chi connectivity index (χ0) is 19.6. The van der Waals surface area contributed by atoms with E-state index in [0.29, 0.717) is 36.2 Å². The molecule has 3 aromatic rings. The highest BCUT2D eigenvalue weighted by Crippen LogP contribution is 2.23. The van der Waals surface area contributed by atoms with Crippen LogP contribution in [0.25, 0.3) is 22.3 Å². The van der Waals surface area contributed by atoms with Gasteiger partial charge in [0, 0.05) is 31.4 Å². The first kappa shape index (κ1) is 18.7. The number of aryl methyl sites for hydroxylation is 1. The van der Waals surface area contributed by atoms with Crippen molar-refractivity contribution in [2.75, 3.05) is 5.32 Å². The van der Waals surface area contributed by atoms with E-state index in [4.69, 9.17) is 0 Å². The van der Waals surface area contributed by atoms with E-state index in [1.807, 2.05) is 32.0 Å². The third kappa shape index (κ3) is 3.58. The molecule has 1 aromatic carbocycles. The van der Waals surface area contributed by atoms with Crippen LogP contribution in [0.5, 0.6) is 0 Å². The monoisotopic (exact) mass is 368 g/mol. The Hall–Kier alpha value is -3.09. The molecule has 0 unspecified atom stereocenters. The summed E-state index contributed by atoms with van der Waals surface area (Å²) in [6.45, 7) is 6.36. The smallest absolute Gasteiger partial charge is 0.331 e. The molecule has 0 spiro atoms. The standard InChI is InChI=1S/C20H24N4O3/c1-4-10-23-17-12-16(14-6-8-15(9-7-14)21-13(3)25)22-18(17)19(26)24(11-5-2)20(23)27/h6-9,12,22H,4-5,10-11H2,1-3H3,(H,21,25). The second-order valence-electron chi connectivity index (χ2n) is 6.59. The number of fused-ring (bicyclic) bond motifs is 1. The van der Waals surface area contributed by atoms with E-state index in [9.17, 15) is 14.4 Å². The van der Waals surface area contributed by atoms with Crippen LogP contribution >= 0.6 is 0 Å². The lowest BCUT2D eigenvalue weighted by atomic mass is 10.1. The van der Waals surface area contributed by atoms with Crippen molar-refractivity contribution in [3.05, 3.63) is 51.2 Å². The number of carbonyl (C=O) groups excluding carboxylic acids is 1. The second kappa shape index (κ2) is 7.65. The predicted molar refractivity (Wildman–Crippen MR) is 107 cm³/mol. The first-order valence-electron chi connectivity index (χ1n) is 9.20. The normalized spacial score (nSPS) is 11.1. The molecule has 2 N–H and O–H groups in total. The van der Waals surface area contributed by atoms with E-state index >= 15 is 0 Å². The van der Waals surface area contributed by atoms with Crippen molar-refractivity contribution in [3.63, 3.8) is 0 Å². The van der Waals surface area contributed by atoms with Crippen LogP contribution in [0.4, 0.5) is 5.69 Å². The van der Waals surface area contributed by atoms with Crippen molar-refractivity contribution >= 4 is 22.6 Å². The number of rotatable bonds is 6. The molecule has 0 saturated heterocycles. The highest BCUT2D eigenvalue weighted by molar-refractivity contribution is 5.89. The van der Waals surface area contributed by atoms with E-state index in [0.717, 1.165) is 17.7 Å². The highest BCUT2D eigenvalue weighted by Gasteiger charge is 2.15. The number of amides is 1. The molecule has 1 amide bonds. The summed E-state index contributed by atoms with van der Waals surface area (Å²) in [7, 11) is 0. The van der Waals surface area contributed by atoms with Gasteiger partial charge in [0.1, 0.15) is 5.52 Å². The lowest BCUT2D eigenvalue weighted by Gasteiger charge is -2.10. The molecular formula is C20H24N4O3. The van der Waals surface area contributed by atoms with Gasteiger partial charge in [-0.05, 0) is 36.6 Å². The number of aromatic nitrogens is 3. The number of nitrogens with zero attached hydrogens (tertiary/aromatic N) is 2. The van der Waals surface area contributed by atoms with E-state index in [1.165, 1.54) is 11.5 Å². The molecule has 2 heterocycles. The van der Waals surface area contributed by atoms with E-state index in [1.54, 1.807) is 16.7 Å². The minimum absolute atomic E-state index is 0.131. The molecule has 142 valence electrons. The molecular weight excluding hydrogens is 344 g/mol. The van der Waals surface area contributed by atoms with Gasteiger partial charge in [-0.25, -0.2) is 4.79 Å². The van der Waals surface area contributed by atoms with Crippen LogP contribution in [0.3, 0.4) is 0 Å². The molecule has 27 heavy (non-hydrogen) atoms. The van der Waals surface area contributed by atoms with Crippen molar-refractivity contribution in [2.24, 2.45) is 0 Å². The van der Waals surface area contributed by atoms with Gasteiger partial charge in [-0.1, -0.05) is 26.0 Å². The van der Waals surface area contributed by atoms with Crippen molar-refractivity contribution < 1.29 is 4.79 Å². The maximum Gasteiger partial charge on any atom is 0.331 e. The van der Waals surface area contributed by atoms with Crippen LogP contribution < -0.4 is 16.6 Å². The van der Waals surface area contributed by atoms with Gasteiger partial charge in [-0.2, -0.15) is 0 Å². The van der Waals surface area contributed by atoms with E-state index in [-0.39, 0.29) is 17.2 Å². The van der Waals surface area contributed by atoms with Crippen LogP contribution in [-0.4, -0.2) is 20.0 Å². The lowest BCUT2D eigenvalue weighted by molar-refractivity contribution is -0.114. The van der Waals surface area contributed by atoms with Gasteiger partial charge in [0.15, 0.2) is 0 Å². The van der Waals surface area contributed by atoms with Crippen molar-refractivity contribution in [3.8, 4) is 11.3 Å². The van der Waals surface area contributed by atoms with E-state index in [2.05, 4.69) is 10.3 Å². The Morgan fingerprint density at radius 3 is 2.26 bits per heavy atom. The molecule has 0 aliphatic heterocycles. The fourth-order valence-electron chi connectivity index (χ4n) is 3.24. The summed E-state index contributed by atoms with van der Waals surface area (Å²) in [5, 5.41) is 2.73. The van der Waals surface area contributed by atoms with Gasteiger partial charge < -0.3 is 10.3 Å².